The number of methoxy groups -OCH3 is 1. The molecule has 0 saturated heterocycles. The van der Waals surface area contributed by atoms with E-state index >= 15 is 0 Å². The Bertz CT molecular complexity index is 1250. The van der Waals surface area contributed by atoms with Crippen molar-refractivity contribution >= 4 is 35.1 Å². The molecule has 0 atom stereocenters. The monoisotopic (exact) mass is 480 g/mol. The lowest BCUT2D eigenvalue weighted by molar-refractivity contribution is -0.119. The molecule has 0 aliphatic rings. The fourth-order valence-electron chi connectivity index (χ4n) is 2.93. The highest BCUT2D eigenvalue weighted by molar-refractivity contribution is 6.02. The third-order valence-electron chi connectivity index (χ3n) is 4.55. The van der Waals surface area contributed by atoms with Gasteiger partial charge in [0.05, 0.1) is 24.0 Å². The number of esters is 2. The SMILES string of the molecule is COC(=O)c1ccccc1NC(=O)COC(=O)c1ccccc1OCC(=O)Nc1ccccc1F. The minimum atomic E-state index is -0.869. The molecule has 9 nitrogen and oxygen atoms in total. The first-order valence-corrected chi connectivity index (χ1v) is 10.3. The first kappa shape index (κ1) is 24.9. The van der Waals surface area contributed by atoms with Gasteiger partial charge in [-0.15, -0.1) is 0 Å². The summed E-state index contributed by atoms with van der Waals surface area (Å²) in [6.45, 7) is -1.14. The highest BCUT2D eigenvalue weighted by Crippen LogP contribution is 2.20. The standard InChI is InChI=1S/C25H21FN2O7/c1-33-24(31)16-8-2-5-11-19(16)27-23(30)15-35-25(32)17-9-3-7-13-21(17)34-14-22(29)28-20-12-6-4-10-18(20)26/h2-13H,14-15H2,1H3,(H,27,30)(H,28,29). The second-order valence-corrected chi connectivity index (χ2v) is 6.97. The van der Waals surface area contributed by atoms with Crippen molar-refractivity contribution in [2.24, 2.45) is 0 Å². The number of amides is 2. The molecule has 0 aliphatic heterocycles. The van der Waals surface area contributed by atoms with Crippen LogP contribution in [0.1, 0.15) is 20.7 Å². The Morgan fingerprint density at radius 1 is 0.714 bits per heavy atom. The normalized spacial score (nSPS) is 10.1. The summed E-state index contributed by atoms with van der Waals surface area (Å²) in [7, 11) is 1.21. The van der Waals surface area contributed by atoms with Crippen molar-refractivity contribution in [2.75, 3.05) is 31.0 Å². The maximum absolute atomic E-state index is 13.7. The van der Waals surface area contributed by atoms with Gasteiger partial charge < -0.3 is 24.8 Å². The summed E-state index contributed by atoms with van der Waals surface area (Å²) in [5.41, 5.74) is 0.314. The summed E-state index contributed by atoms with van der Waals surface area (Å²) in [4.78, 5) is 48.7. The van der Waals surface area contributed by atoms with Crippen LogP contribution in [0.4, 0.5) is 15.8 Å². The second kappa shape index (κ2) is 11.9. The quantitative estimate of drug-likeness (QED) is 0.450. The van der Waals surface area contributed by atoms with Gasteiger partial charge in [0.2, 0.25) is 0 Å². The molecule has 2 N–H and O–H groups in total. The van der Waals surface area contributed by atoms with Crippen LogP contribution in [-0.4, -0.2) is 44.1 Å². The van der Waals surface area contributed by atoms with E-state index < -0.39 is 42.8 Å². The number of para-hydroxylation sites is 3. The molecule has 0 radical (unpaired) electrons. The Kier molecular flexibility index (Phi) is 8.49. The Hall–Kier alpha value is -4.73. The Morgan fingerprint density at radius 3 is 2.00 bits per heavy atom. The summed E-state index contributed by atoms with van der Waals surface area (Å²) in [6.07, 6.45) is 0. The second-order valence-electron chi connectivity index (χ2n) is 6.97. The Balaban J connectivity index is 1.57. The van der Waals surface area contributed by atoms with Gasteiger partial charge in [-0.1, -0.05) is 36.4 Å². The van der Waals surface area contributed by atoms with Gasteiger partial charge in [-0.05, 0) is 36.4 Å². The highest BCUT2D eigenvalue weighted by Gasteiger charge is 2.18. The molecule has 0 aromatic heterocycles. The molecule has 0 saturated carbocycles. The Morgan fingerprint density at radius 2 is 1.29 bits per heavy atom. The van der Waals surface area contributed by atoms with Crippen molar-refractivity contribution in [3.63, 3.8) is 0 Å². The Labute approximate surface area is 199 Å². The predicted octanol–water partition coefficient (Wildman–Crippen LogP) is 3.43. The van der Waals surface area contributed by atoms with E-state index in [-0.39, 0.29) is 28.3 Å². The predicted molar refractivity (Wildman–Crippen MR) is 124 cm³/mol. The minimum Gasteiger partial charge on any atom is -0.483 e. The van der Waals surface area contributed by atoms with Crippen molar-refractivity contribution in [3.05, 3.63) is 89.7 Å². The van der Waals surface area contributed by atoms with Crippen LogP contribution in [0.25, 0.3) is 0 Å². The zero-order chi connectivity index (χ0) is 25.2. The number of rotatable bonds is 9. The summed E-state index contributed by atoms with van der Waals surface area (Å²) >= 11 is 0. The van der Waals surface area contributed by atoms with E-state index in [4.69, 9.17) is 9.47 Å². The molecular formula is C25H21FN2O7. The average Bonchev–Trinajstić information content (AvgIpc) is 2.87. The molecule has 3 aromatic carbocycles. The van der Waals surface area contributed by atoms with Crippen molar-refractivity contribution in [2.45, 2.75) is 0 Å². The number of carbonyl (C=O) groups excluding carboxylic acids is 4. The lowest BCUT2D eigenvalue weighted by Gasteiger charge is -2.12. The summed E-state index contributed by atoms with van der Waals surface area (Å²) in [5, 5.41) is 4.85. The highest BCUT2D eigenvalue weighted by atomic mass is 19.1. The van der Waals surface area contributed by atoms with Crippen molar-refractivity contribution in [1.82, 2.24) is 0 Å². The van der Waals surface area contributed by atoms with Crippen molar-refractivity contribution in [1.29, 1.82) is 0 Å². The van der Waals surface area contributed by atoms with E-state index in [1.165, 1.54) is 49.6 Å². The molecule has 0 heterocycles. The minimum absolute atomic E-state index is 0.00594. The van der Waals surface area contributed by atoms with E-state index in [1.807, 2.05) is 0 Å². The smallest absolute Gasteiger partial charge is 0.342 e. The number of nitrogens with one attached hydrogen (secondary N) is 2. The zero-order valence-corrected chi connectivity index (χ0v) is 18.6. The molecule has 0 fully saturated rings. The number of ether oxygens (including phenoxy) is 3. The zero-order valence-electron chi connectivity index (χ0n) is 18.6. The van der Waals surface area contributed by atoms with E-state index in [0.29, 0.717) is 0 Å². The molecular weight excluding hydrogens is 459 g/mol. The molecule has 0 aliphatic carbocycles. The topological polar surface area (TPSA) is 120 Å². The lowest BCUT2D eigenvalue weighted by Crippen LogP contribution is -2.23. The molecule has 0 spiro atoms. The third-order valence-corrected chi connectivity index (χ3v) is 4.55. The number of benzene rings is 3. The van der Waals surface area contributed by atoms with Gasteiger partial charge in [-0.3, -0.25) is 9.59 Å². The molecule has 3 aromatic rings. The van der Waals surface area contributed by atoms with E-state index in [0.717, 1.165) is 0 Å². The van der Waals surface area contributed by atoms with Crippen LogP contribution in [0.15, 0.2) is 72.8 Å². The van der Waals surface area contributed by atoms with Crippen LogP contribution in [0.3, 0.4) is 0 Å². The lowest BCUT2D eigenvalue weighted by atomic mass is 10.2. The summed E-state index contributed by atoms with van der Waals surface area (Å²) in [6, 6.07) is 17.8. The fraction of sp³-hybridized carbons (Fsp3) is 0.120. The van der Waals surface area contributed by atoms with Crippen LogP contribution in [0.5, 0.6) is 5.75 Å². The summed E-state index contributed by atoms with van der Waals surface area (Å²) in [5.74, 6) is -3.39. The van der Waals surface area contributed by atoms with Gasteiger partial charge in [0.25, 0.3) is 11.8 Å². The largest absolute Gasteiger partial charge is 0.483 e. The van der Waals surface area contributed by atoms with Crippen molar-refractivity contribution < 1.29 is 37.8 Å². The van der Waals surface area contributed by atoms with Gasteiger partial charge in [-0.2, -0.15) is 0 Å². The van der Waals surface area contributed by atoms with Gasteiger partial charge in [-0.25, -0.2) is 14.0 Å². The van der Waals surface area contributed by atoms with Crippen LogP contribution in [0, 0.1) is 5.82 Å². The molecule has 3 rings (SSSR count). The molecule has 2 amide bonds. The number of carbonyl (C=O) groups is 4. The van der Waals surface area contributed by atoms with Crippen LogP contribution in [0.2, 0.25) is 0 Å². The van der Waals surface area contributed by atoms with Gasteiger partial charge in [0.15, 0.2) is 13.2 Å². The third kappa shape index (κ3) is 6.87. The maximum atomic E-state index is 13.7. The van der Waals surface area contributed by atoms with Gasteiger partial charge in [0, 0.05) is 0 Å². The van der Waals surface area contributed by atoms with Gasteiger partial charge >= 0.3 is 11.9 Å². The van der Waals surface area contributed by atoms with E-state index in [1.54, 1.807) is 30.3 Å². The molecule has 0 bridgehead atoms. The fourth-order valence-corrected chi connectivity index (χ4v) is 2.93. The molecule has 10 heteroatoms. The number of anilines is 2. The first-order valence-electron chi connectivity index (χ1n) is 10.3. The number of hydrogen-bond acceptors (Lipinski definition) is 7. The molecule has 180 valence electrons. The van der Waals surface area contributed by atoms with E-state index in [9.17, 15) is 23.6 Å². The average molecular weight is 480 g/mol. The number of hydrogen-bond donors (Lipinski definition) is 2. The molecule has 0 unspecified atom stereocenters. The van der Waals surface area contributed by atoms with Crippen LogP contribution >= 0.6 is 0 Å². The van der Waals surface area contributed by atoms with Crippen molar-refractivity contribution in [3.8, 4) is 5.75 Å². The summed E-state index contributed by atoms with van der Waals surface area (Å²) < 4.78 is 28.8. The van der Waals surface area contributed by atoms with Crippen LogP contribution in [-0.2, 0) is 19.1 Å². The van der Waals surface area contributed by atoms with E-state index in [2.05, 4.69) is 15.4 Å². The molecule has 35 heavy (non-hydrogen) atoms. The number of halogens is 1. The van der Waals surface area contributed by atoms with Crippen LogP contribution < -0.4 is 15.4 Å². The maximum Gasteiger partial charge on any atom is 0.342 e. The first-order chi connectivity index (χ1) is 16.9. The van der Waals surface area contributed by atoms with Gasteiger partial charge in [0.1, 0.15) is 17.1 Å².